The van der Waals surface area contributed by atoms with Crippen molar-refractivity contribution in [2.24, 2.45) is 13.0 Å². The molecule has 1 aromatic heterocycles. The molecule has 0 saturated carbocycles. The molecule has 1 unspecified atom stereocenters. The van der Waals surface area contributed by atoms with Gasteiger partial charge in [0.2, 0.25) is 0 Å². The maximum Gasteiger partial charge on any atom is 0.270 e. The summed E-state index contributed by atoms with van der Waals surface area (Å²) in [5, 5.41) is 8.90. The Morgan fingerprint density at radius 2 is 2.41 bits per heavy atom. The lowest BCUT2D eigenvalue weighted by Crippen LogP contribution is -2.30. The van der Waals surface area contributed by atoms with Crippen LogP contribution in [0.2, 0.25) is 0 Å². The van der Waals surface area contributed by atoms with Gasteiger partial charge in [0, 0.05) is 37.4 Å². The fourth-order valence-corrected chi connectivity index (χ4v) is 2.86. The Hall–Kier alpha value is -0.810. The first-order valence-corrected chi connectivity index (χ1v) is 6.63. The van der Waals surface area contributed by atoms with Crippen molar-refractivity contribution in [2.75, 3.05) is 19.7 Å². The van der Waals surface area contributed by atoms with Crippen molar-refractivity contribution < 1.29 is 9.90 Å². The predicted octanol–water partition coefficient (Wildman–Crippen LogP) is 1.63. The van der Waals surface area contributed by atoms with Crippen molar-refractivity contribution in [1.82, 2.24) is 9.47 Å². The van der Waals surface area contributed by atoms with Crippen molar-refractivity contribution in [2.45, 2.75) is 12.8 Å². The van der Waals surface area contributed by atoms with E-state index in [0.717, 1.165) is 30.4 Å². The van der Waals surface area contributed by atoms with Crippen LogP contribution in [0.4, 0.5) is 0 Å². The largest absolute Gasteiger partial charge is 0.396 e. The van der Waals surface area contributed by atoms with Crippen LogP contribution in [0.5, 0.6) is 0 Å². The SMILES string of the molecule is Cn1cc(Br)cc1C(=O)N1CCC(CCO)C1. The fourth-order valence-electron chi connectivity index (χ4n) is 2.33. The molecule has 1 amide bonds. The van der Waals surface area contributed by atoms with Crippen LogP contribution in [0.1, 0.15) is 23.3 Å². The zero-order valence-electron chi connectivity index (χ0n) is 9.90. The molecule has 4 nitrogen and oxygen atoms in total. The molecule has 1 N–H and O–H groups in total. The van der Waals surface area contributed by atoms with E-state index in [1.54, 1.807) is 0 Å². The maximum atomic E-state index is 12.3. The molecule has 0 aromatic carbocycles. The number of hydrogen-bond donors (Lipinski definition) is 1. The van der Waals surface area contributed by atoms with Crippen molar-refractivity contribution >= 4 is 21.8 Å². The Morgan fingerprint density at radius 3 is 3.00 bits per heavy atom. The number of aryl methyl sites for hydroxylation is 1. The second-order valence-corrected chi connectivity index (χ2v) is 5.49. The second kappa shape index (κ2) is 5.23. The smallest absolute Gasteiger partial charge is 0.270 e. The lowest BCUT2D eigenvalue weighted by Gasteiger charge is -2.16. The van der Waals surface area contributed by atoms with Crippen LogP contribution in [-0.4, -0.2) is 40.2 Å². The predicted molar refractivity (Wildman–Crippen MR) is 68.8 cm³/mol. The Morgan fingerprint density at radius 1 is 1.65 bits per heavy atom. The lowest BCUT2D eigenvalue weighted by molar-refractivity contribution is 0.0775. The number of hydrogen-bond acceptors (Lipinski definition) is 2. The van der Waals surface area contributed by atoms with Crippen LogP contribution < -0.4 is 0 Å². The molecular weight excluding hydrogens is 284 g/mol. The summed E-state index contributed by atoms with van der Waals surface area (Å²) in [6.07, 6.45) is 3.67. The van der Waals surface area contributed by atoms with E-state index in [9.17, 15) is 4.79 Å². The van der Waals surface area contributed by atoms with Crippen LogP contribution in [0.15, 0.2) is 16.7 Å². The standard InChI is InChI=1S/C12H17BrN2O2/c1-14-8-10(13)6-11(14)12(17)15-4-2-9(7-15)3-5-16/h6,8-9,16H,2-5,7H2,1H3. The van der Waals surface area contributed by atoms with Gasteiger partial charge in [-0.1, -0.05) is 0 Å². The Labute approximate surface area is 109 Å². The summed E-state index contributed by atoms with van der Waals surface area (Å²) in [5.74, 6) is 0.534. The van der Waals surface area contributed by atoms with Gasteiger partial charge >= 0.3 is 0 Å². The Kier molecular flexibility index (Phi) is 3.89. The van der Waals surface area contributed by atoms with Gasteiger partial charge in [-0.2, -0.15) is 0 Å². The third-order valence-corrected chi connectivity index (χ3v) is 3.73. The highest BCUT2D eigenvalue weighted by molar-refractivity contribution is 9.10. The van der Waals surface area contributed by atoms with E-state index in [4.69, 9.17) is 5.11 Å². The first-order valence-electron chi connectivity index (χ1n) is 5.84. The molecule has 1 fully saturated rings. The number of likely N-dealkylation sites (tertiary alicyclic amines) is 1. The van der Waals surface area contributed by atoms with Crippen LogP contribution >= 0.6 is 15.9 Å². The zero-order valence-corrected chi connectivity index (χ0v) is 11.5. The van der Waals surface area contributed by atoms with Crippen molar-refractivity contribution in [3.63, 3.8) is 0 Å². The van der Waals surface area contributed by atoms with Gasteiger partial charge in [0.25, 0.3) is 5.91 Å². The lowest BCUT2D eigenvalue weighted by atomic mass is 10.1. The summed E-state index contributed by atoms with van der Waals surface area (Å²) >= 11 is 3.37. The quantitative estimate of drug-likeness (QED) is 0.922. The molecule has 0 radical (unpaired) electrons. The van der Waals surface area contributed by atoms with Gasteiger partial charge in [-0.3, -0.25) is 4.79 Å². The minimum absolute atomic E-state index is 0.0821. The van der Waals surface area contributed by atoms with Crippen molar-refractivity contribution in [3.8, 4) is 0 Å². The zero-order chi connectivity index (χ0) is 12.4. The van der Waals surface area contributed by atoms with Gasteiger partial charge in [0.05, 0.1) is 0 Å². The molecule has 17 heavy (non-hydrogen) atoms. The Bertz CT molecular complexity index is 417. The summed E-state index contributed by atoms with van der Waals surface area (Å²) < 4.78 is 2.76. The number of amides is 1. The summed E-state index contributed by atoms with van der Waals surface area (Å²) in [6, 6.07) is 1.85. The second-order valence-electron chi connectivity index (χ2n) is 4.57. The fraction of sp³-hybridized carbons (Fsp3) is 0.583. The van der Waals surface area contributed by atoms with E-state index in [1.807, 2.05) is 28.8 Å². The molecule has 2 rings (SSSR count). The summed E-state index contributed by atoms with van der Waals surface area (Å²) in [7, 11) is 1.87. The highest BCUT2D eigenvalue weighted by Gasteiger charge is 2.27. The molecule has 0 spiro atoms. The summed E-state index contributed by atoms with van der Waals surface area (Å²) in [6.45, 7) is 1.77. The first kappa shape index (κ1) is 12.6. The molecule has 94 valence electrons. The third-order valence-electron chi connectivity index (χ3n) is 3.30. The van der Waals surface area contributed by atoms with E-state index in [1.165, 1.54) is 0 Å². The van der Waals surface area contributed by atoms with Crippen LogP contribution in [0.25, 0.3) is 0 Å². The molecule has 1 saturated heterocycles. The number of aliphatic hydroxyl groups excluding tert-OH is 1. The average Bonchev–Trinajstić information content (AvgIpc) is 2.85. The van der Waals surface area contributed by atoms with E-state index in [0.29, 0.717) is 11.6 Å². The monoisotopic (exact) mass is 300 g/mol. The highest BCUT2D eigenvalue weighted by Crippen LogP contribution is 2.22. The highest BCUT2D eigenvalue weighted by atomic mass is 79.9. The van der Waals surface area contributed by atoms with Gasteiger partial charge in [0.15, 0.2) is 0 Å². The van der Waals surface area contributed by atoms with Gasteiger partial charge in [-0.05, 0) is 40.8 Å². The molecule has 0 bridgehead atoms. The molecule has 1 aromatic rings. The molecule has 1 aliphatic rings. The molecule has 5 heteroatoms. The topological polar surface area (TPSA) is 45.5 Å². The number of aromatic nitrogens is 1. The van der Waals surface area contributed by atoms with Gasteiger partial charge in [-0.15, -0.1) is 0 Å². The van der Waals surface area contributed by atoms with Crippen LogP contribution in [0, 0.1) is 5.92 Å². The van der Waals surface area contributed by atoms with Crippen LogP contribution in [0.3, 0.4) is 0 Å². The average molecular weight is 301 g/mol. The number of rotatable bonds is 3. The number of carbonyl (C=O) groups excluding carboxylic acids is 1. The van der Waals surface area contributed by atoms with Gasteiger partial charge < -0.3 is 14.6 Å². The Balaban J connectivity index is 2.04. The minimum Gasteiger partial charge on any atom is -0.396 e. The van der Waals surface area contributed by atoms with Gasteiger partial charge in [-0.25, -0.2) is 0 Å². The van der Waals surface area contributed by atoms with Crippen LogP contribution in [-0.2, 0) is 7.05 Å². The van der Waals surface area contributed by atoms with E-state index < -0.39 is 0 Å². The third kappa shape index (κ3) is 2.72. The number of aliphatic hydroxyl groups is 1. The summed E-state index contributed by atoms with van der Waals surface area (Å²) in [5.41, 5.74) is 0.710. The normalized spacial score (nSPS) is 19.9. The van der Waals surface area contributed by atoms with Gasteiger partial charge in [0.1, 0.15) is 5.69 Å². The number of carbonyl (C=O) groups is 1. The summed E-state index contributed by atoms with van der Waals surface area (Å²) in [4.78, 5) is 14.1. The van der Waals surface area contributed by atoms with Crippen molar-refractivity contribution in [1.29, 1.82) is 0 Å². The molecule has 1 aliphatic heterocycles. The van der Waals surface area contributed by atoms with E-state index in [-0.39, 0.29) is 12.5 Å². The van der Waals surface area contributed by atoms with Crippen molar-refractivity contribution in [3.05, 3.63) is 22.4 Å². The minimum atomic E-state index is 0.0821. The molecular formula is C12H17BrN2O2. The maximum absolute atomic E-state index is 12.3. The van der Waals surface area contributed by atoms with E-state index in [2.05, 4.69) is 15.9 Å². The molecule has 0 aliphatic carbocycles. The number of halogens is 1. The van der Waals surface area contributed by atoms with E-state index >= 15 is 0 Å². The molecule has 2 heterocycles. The number of nitrogens with zero attached hydrogens (tertiary/aromatic N) is 2. The first-order chi connectivity index (χ1) is 8.11. The molecule has 1 atom stereocenters.